The topological polar surface area (TPSA) is 73.1 Å². The highest BCUT2D eigenvalue weighted by Gasteiger charge is 2.33. The molecule has 1 aromatic carbocycles. The Morgan fingerprint density at radius 2 is 1.88 bits per heavy atom. The molecule has 0 aliphatic carbocycles. The minimum Gasteiger partial charge on any atom is -0.381 e. The second-order valence-corrected chi connectivity index (χ2v) is 6.75. The standard InChI is InChI=1S/C18H25N5O2/c1-13(2)16(18(24)22-11-9-15(25-3)10-12-22)23-20-17(19-21-23)14-7-5-4-6-8-14/h4-8,13,15-16H,9-12H2,1-3H3/t16-/m1/s1. The highest BCUT2D eigenvalue weighted by atomic mass is 16.5. The van der Waals surface area contributed by atoms with E-state index in [2.05, 4.69) is 15.4 Å². The van der Waals surface area contributed by atoms with Gasteiger partial charge in [0.1, 0.15) is 0 Å². The van der Waals surface area contributed by atoms with Gasteiger partial charge in [-0.2, -0.15) is 4.80 Å². The van der Waals surface area contributed by atoms with E-state index in [4.69, 9.17) is 4.74 Å². The van der Waals surface area contributed by atoms with Gasteiger partial charge >= 0.3 is 0 Å². The Kier molecular flexibility index (Phi) is 5.43. The van der Waals surface area contributed by atoms with E-state index in [-0.39, 0.29) is 17.9 Å². The van der Waals surface area contributed by atoms with Crippen LogP contribution in [0.2, 0.25) is 0 Å². The predicted octanol–water partition coefficient (Wildman–Crippen LogP) is 2.17. The number of benzene rings is 1. The lowest BCUT2D eigenvalue weighted by Crippen LogP contribution is -2.45. The minimum absolute atomic E-state index is 0.0570. The fourth-order valence-corrected chi connectivity index (χ4v) is 3.20. The Bertz CT molecular complexity index is 693. The summed E-state index contributed by atoms with van der Waals surface area (Å²) in [6, 6.07) is 9.23. The lowest BCUT2D eigenvalue weighted by molar-refractivity contribution is -0.139. The van der Waals surface area contributed by atoms with Gasteiger partial charge < -0.3 is 9.64 Å². The van der Waals surface area contributed by atoms with Gasteiger partial charge in [0.25, 0.3) is 0 Å². The lowest BCUT2D eigenvalue weighted by Gasteiger charge is -2.34. The van der Waals surface area contributed by atoms with Crippen LogP contribution < -0.4 is 0 Å². The van der Waals surface area contributed by atoms with Crippen LogP contribution in [0.15, 0.2) is 30.3 Å². The second-order valence-electron chi connectivity index (χ2n) is 6.75. The van der Waals surface area contributed by atoms with Gasteiger partial charge in [0, 0.05) is 25.8 Å². The molecule has 1 saturated heterocycles. The molecule has 25 heavy (non-hydrogen) atoms. The van der Waals surface area contributed by atoms with Gasteiger partial charge in [-0.05, 0) is 24.0 Å². The van der Waals surface area contributed by atoms with E-state index >= 15 is 0 Å². The molecule has 0 spiro atoms. The van der Waals surface area contributed by atoms with E-state index in [1.165, 1.54) is 4.80 Å². The van der Waals surface area contributed by atoms with E-state index < -0.39 is 6.04 Å². The maximum absolute atomic E-state index is 13.0. The van der Waals surface area contributed by atoms with Crippen molar-refractivity contribution in [3.63, 3.8) is 0 Å². The number of ether oxygens (including phenoxy) is 1. The van der Waals surface area contributed by atoms with Crippen LogP contribution in [0.1, 0.15) is 32.7 Å². The summed E-state index contributed by atoms with van der Waals surface area (Å²) in [4.78, 5) is 16.4. The van der Waals surface area contributed by atoms with Crippen LogP contribution in [0.3, 0.4) is 0 Å². The molecule has 1 atom stereocenters. The van der Waals surface area contributed by atoms with E-state index in [1.807, 2.05) is 49.1 Å². The molecule has 134 valence electrons. The Labute approximate surface area is 148 Å². The molecular weight excluding hydrogens is 318 g/mol. The summed E-state index contributed by atoms with van der Waals surface area (Å²) in [6.07, 6.45) is 1.98. The van der Waals surface area contributed by atoms with Crippen molar-refractivity contribution < 1.29 is 9.53 Å². The number of carbonyl (C=O) groups excluding carboxylic acids is 1. The normalized spacial score (nSPS) is 17.0. The van der Waals surface area contributed by atoms with Crippen LogP contribution in [0.5, 0.6) is 0 Å². The van der Waals surface area contributed by atoms with Crippen molar-refractivity contribution in [2.75, 3.05) is 20.2 Å². The Morgan fingerprint density at radius 3 is 2.48 bits per heavy atom. The number of amides is 1. The number of rotatable bonds is 5. The van der Waals surface area contributed by atoms with Crippen molar-refractivity contribution in [1.29, 1.82) is 0 Å². The van der Waals surface area contributed by atoms with Crippen molar-refractivity contribution in [1.82, 2.24) is 25.1 Å². The van der Waals surface area contributed by atoms with Crippen LogP contribution in [0.4, 0.5) is 0 Å². The third-order valence-electron chi connectivity index (χ3n) is 4.68. The molecule has 7 nitrogen and oxygen atoms in total. The number of hydrogen-bond donors (Lipinski definition) is 0. The number of likely N-dealkylation sites (tertiary alicyclic amines) is 1. The monoisotopic (exact) mass is 343 g/mol. The van der Waals surface area contributed by atoms with Crippen LogP contribution in [0.25, 0.3) is 11.4 Å². The third kappa shape index (κ3) is 3.87. The summed E-state index contributed by atoms with van der Waals surface area (Å²) in [6.45, 7) is 5.44. The summed E-state index contributed by atoms with van der Waals surface area (Å²) in [5.74, 6) is 0.671. The van der Waals surface area contributed by atoms with Gasteiger partial charge in [-0.15, -0.1) is 10.2 Å². The van der Waals surface area contributed by atoms with E-state index in [9.17, 15) is 4.79 Å². The van der Waals surface area contributed by atoms with Gasteiger partial charge in [0.05, 0.1) is 6.10 Å². The van der Waals surface area contributed by atoms with Gasteiger partial charge in [-0.25, -0.2) is 0 Å². The Hall–Kier alpha value is -2.28. The van der Waals surface area contributed by atoms with Crippen molar-refractivity contribution >= 4 is 5.91 Å². The molecule has 1 aromatic heterocycles. The number of piperidine rings is 1. The molecule has 1 aliphatic heterocycles. The number of aromatic nitrogens is 4. The zero-order valence-electron chi connectivity index (χ0n) is 15.0. The molecule has 0 bridgehead atoms. The molecule has 0 saturated carbocycles. The number of methoxy groups -OCH3 is 1. The molecule has 0 unspecified atom stereocenters. The summed E-state index contributed by atoms with van der Waals surface area (Å²) in [5, 5.41) is 12.8. The first-order valence-electron chi connectivity index (χ1n) is 8.76. The molecule has 3 rings (SSSR count). The number of nitrogens with zero attached hydrogens (tertiary/aromatic N) is 5. The molecule has 2 heterocycles. The van der Waals surface area contributed by atoms with Crippen molar-refractivity contribution in [3.05, 3.63) is 30.3 Å². The number of carbonyl (C=O) groups is 1. The molecule has 1 amide bonds. The zero-order valence-corrected chi connectivity index (χ0v) is 15.0. The third-order valence-corrected chi connectivity index (χ3v) is 4.68. The predicted molar refractivity (Wildman–Crippen MR) is 93.7 cm³/mol. The second kappa shape index (κ2) is 7.74. The van der Waals surface area contributed by atoms with E-state index in [1.54, 1.807) is 7.11 Å². The Balaban J connectivity index is 1.78. The largest absolute Gasteiger partial charge is 0.381 e. The number of hydrogen-bond acceptors (Lipinski definition) is 5. The molecule has 7 heteroatoms. The first kappa shape index (κ1) is 17.5. The first-order valence-corrected chi connectivity index (χ1v) is 8.76. The SMILES string of the molecule is COC1CCN(C(=O)[C@@H](C(C)C)n2nnc(-c3ccccc3)n2)CC1. The van der Waals surface area contributed by atoms with Gasteiger partial charge in [0.2, 0.25) is 11.7 Å². The fourth-order valence-electron chi connectivity index (χ4n) is 3.20. The lowest BCUT2D eigenvalue weighted by atomic mass is 10.0. The average molecular weight is 343 g/mol. The maximum Gasteiger partial charge on any atom is 0.249 e. The van der Waals surface area contributed by atoms with Crippen molar-refractivity contribution in [3.8, 4) is 11.4 Å². The minimum atomic E-state index is -0.441. The highest BCUT2D eigenvalue weighted by Crippen LogP contribution is 2.23. The smallest absolute Gasteiger partial charge is 0.249 e. The average Bonchev–Trinajstić information content (AvgIpc) is 3.12. The molecule has 1 aliphatic rings. The quantitative estimate of drug-likeness (QED) is 0.832. The van der Waals surface area contributed by atoms with Crippen LogP contribution >= 0.6 is 0 Å². The highest BCUT2D eigenvalue weighted by molar-refractivity contribution is 5.80. The summed E-state index contributed by atoms with van der Waals surface area (Å²) < 4.78 is 5.39. The maximum atomic E-state index is 13.0. The molecule has 0 N–H and O–H groups in total. The molecule has 0 radical (unpaired) electrons. The van der Waals surface area contributed by atoms with Gasteiger partial charge in [-0.3, -0.25) is 4.79 Å². The van der Waals surface area contributed by atoms with Gasteiger partial charge in [0.15, 0.2) is 6.04 Å². The van der Waals surface area contributed by atoms with Crippen LogP contribution in [-0.2, 0) is 9.53 Å². The first-order chi connectivity index (χ1) is 12.1. The van der Waals surface area contributed by atoms with Crippen molar-refractivity contribution in [2.24, 2.45) is 5.92 Å². The summed E-state index contributed by atoms with van der Waals surface area (Å²) >= 11 is 0. The van der Waals surface area contributed by atoms with E-state index in [0.29, 0.717) is 18.9 Å². The fraction of sp³-hybridized carbons (Fsp3) is 0.556. The number of tetrazole rings is 1. The molecule has 2 aromatic rings. The zero-order chi connectivity index (χ0) is 17.8. The van der Waals surface area contributed by atoms with E-state index in [0.717, 1.165) is 18.4 Å². The van der Waals surface area contributed by atoms with Gasteiger partial charge in [-0.1, -0.05) is 44.2 Å². The van der Waals surface area contributed by atoms with Crippen LogP contribution in [-0.4, -0.2) is 57.3 Å². The van der Waals surface area contributed by atoms with Crippen molar-refractivity contribution in [2.45, 2.75) is 38.8 Å². The Morgan fingerprint density at radius 1 is 1.20 bits per heavy atom. The summed E-state index contributed by atoms with van der Waals surface area (Å²) in [7, 11) is 1.73. The summed E-state index contributed by atoms with van der Waals surface area (Å²) in [5.41, 5.74) is 0.893. The van der Waals surface area contributed by atoms with Crippen LogP contribution in [0, 0.1) is 5.92 Å². The molecular formula is C18H25N5O2. The molecule has 1 fully saturated rings.